The van der Waals surface area contributed by atoms with Crippen molar-refractivity contribution in [3.63, 3.8) is 0 Å². The first-order chi connectivity index (χ1) is 10.4. The predicted molar refractivity (Wildman–Crippen MR) is 87.5 cm³/mol. The molecule has 3 rings (SSSR count). The molecule has 0 amide bonds. The molecule has 1 unspecified atom stereocenters. The lowest BCUT2D eigenvalue weighted by Crippen LogP contribution is -2.46. The van der Waals surface area contributed by atoms with Gasteiger partial charge in [0.1, 0.15) is 0 Å². The zero-order valence-corrected chi connectivity index (χ0v) is 12.7. The third-order valence-corrected chi connectivity index (χ3v) is 4.24. The van der Waals surface area contributed by atoms with Gasteiger partial charge in [0.25, 0.3) is 0 Å². The van der Waals surface area contributed by atoms with Crippen LogP contribution in [0.3, 0.4) is 0 Å². The van der Waals surface area contributed by atoms with Crippen LogP contribution in [0, 0.1) is 0 Å². The van der Waals surface area contributed by atoms with E-state index in [1.54, 1.807) is 0 Å². The van der Waals surface area contributed by atoms with E-state index in [0.29, 0.717) is 6.10 Å². The molecule has 1 N–H and O–H groups in total. The van der Waals surface area contributed by atoms with Gasteiger partial charge in [0.05, 0.1) is 12.7 Å². The summed E-state index contributed by atoms with van der Waals surface area (Å²) < 4.78 is 5.83. The van der Waals surface area contributed by atoms with E-state index in [4.69, 9.17) is 4.74 Å². The van der Waals surface area contributed by atoms with Gasteiger partial charge in [0, 0.05) is 26.2 Å². The van der Waals surface area contributed by atoms with Crippen LogP contribution in [0.1, 0.15) is 12.5 Å². The molecular formula is C18H24N2O. The monoisotopic (exact) mass is 284 g/mol. The highest BCUT2D eigenvalue weighted by atomic mass is 16.5. The van der Waals surface area contributed by atoms with Crippen molar-refractivity contribution in [1.82, 2.24) is 10.2 Å². The number of nitrogens with one attached hydrogen (secondary N) is 1. The molecule has 0 aromatic heterocycles. The van der Waals surface area contributed by atoms with Crippen molar-refractivity contribution in [3.05, 3.63) is 48.0 Å². The molecule has 2 aromatic rings. The number of nitrogens with zero attached hydrogens (tertiary/aromatic N) is 1. The Balaban J connectivity index is 1.57. The second-order valence-corrected chi connectivity index (χ2v) is 5.66. The number of fused-ring (bicyclic) bond motifs is 1. The van der Waals surface area contributed by atoms with Gasteiger partial charge >= 0.3 is 0 Å². The van der Waals surface area contributed by atoms with E-state index in [9.17, 15) is 0 Å². The predicted octanol–water partition coefficient (Wildman–Crippen LogP) is 2.65. The minimum atomic E-state index is 0.314. The van der Waals surface area contributed by atoms with Gasteiger partial charge in [-0.3, -0.25) is 4.90 Å². The molecule has 0 saturated carbocycles. The maximum atomic E-state index is 5.83. The van der Waals surface area contributed by atoms with Crippen LogP contribution >= 0.6 is 0 Å². The standard InChI is InChI=1S/C18H24N2O/c1-2-20-10-11-21-17(14-20)13-19-12-16-8-5-7-15-6-3-4-9-18(15)16/h3-9,17,19H,2,10-14H2,1H3. The van der Waals surface area contributed by atoms with E-state index >= 15 is 0 Å². The van der Waals surface area contributed by atoms with Gasteiger partial charge in [-0.15, -0.1) is 0 Å². The molecule has 21 heavy (non-hydrogen) atoms. The van der Waals surface area contributed by atoms with Crippen LogP contribution < -0.4 is 5.32 Å². The molecule has 1 saturated heterocycles. The summed E-state index contributed by atoms with van der Waals surface area (Å²) >= 11 is 0. The number of benzene rings is 2. The fraction of sp³-hybridized carbons (Fsp3) is 0.444. The minimum Gasteiger partial charge on any atom is -0.374 e. The molecule has 0 bridgehead atoms. The Morgan fingerprint density at radius 3 is 2.95 bits per heavy atom. The average Bonchev–Trinajstić information content (AvgIpc) is 2.55. The fourth-order valence-electron chi connectivity index (χ4n) is 3.01. The van der Waals surface area contributed by atoms with E-state index in [1.807, 2.05) is 0 Å². The number of rotatable bonds is 5. The van der Waals surface area contributed by atoms with E-state index in [-0.39, 0.29) is 0 Å². The SMILES string of the molecule is CCN1CCOC(CNCc2cccc3ccccc23)C1. The Kier molecular flexibility index (Phi) is 4.86. The highest BCUT2D eigenvalue weighted by molar-refractivity contribution is 5.85. The van der Waals surface area contributed by atoms with E-state index in [1.165, 1.54) is 16.3 Å². The molecule has 1 aliphatic heterocycles. The van der Waals surface area contributed by atoms with Gasteiger partial charge in [0.2, 0.25) is 0 Å². The van der Waals surface area contributed by atoms with Crippen LogP contribution in [-0.2, 0) is 11.3 Å². The first-order valence-corrected chi connectivity index (χ1v) is 7.88. The van der Waals surface area contributed by atoms with Gasteiger partial charge in [-0.1, -0.05) is 49.4 Å². The summed E-state index contributed by atoms with van der Waals surface area (Å²) in [5.41, 5.74) is 1.36. The van der Waals surface area contributed by atoms with Gasteiger partial charge < -0.3 is 10.1 Å². The highest BCUT2D eigenvalue weighted by Crippen LogP contribution is 2.18. The van der Waals surface area contributed by atoms with Crippen LogP contribution in [0.4, 0.5) is 0 Å². The molecule has 3 nitrogen and oxygen atoms in total. The third-order valence-electron chi connectivity index (χ3n) is 4.24. The van der Waals surface area contributed by atoms with Gasteiger partial charge in [-0.2, -0.15) is 0 Å². The highest BCUT2D eigenvalue weighted by Gasteiger charge is 2.18. The van der Waals surface area contributed by atoms with Crippen LogP contribution in [0.5, 0.6) is 0 Å². The van der Waals surface area contributed by atoms with Crippen molar-refractivity contribution < 1.29 is 4.74 Å². The Labute approximate surface area is 126 Å². The second-order valence-electron chi connectivity index (χ2n) is 5.66. The summed E-state index contributed by atoms with van der Waals surface area (Å²) in [6.07, 6.45) is 0.314. The van der Waals surface area contributed by atoms with Crippen LogP contribution in [0.25, 0.3) is 10.8 Å². The van der Waals surface area contributed by atoms with Crippen LogP contribution in [0.15, 0.2) is 42.5 Å². The van der Waals surface area contributed by atoms with Crippen molar-refractivity contribution >= 4 is 10.8 Å². The van der Waals surface area contributed by atoms with Crippen LogP contribution in [0.2, 0.25) is 0 Å². The first-order valence-electron chi connectivity index (χ1n) is 7.88. The van der Waals surface area contributed by atoms with Crippen molar-refractivity contribution in [2.24, 2.45) is 0 Å². The molecule has 1 fully saturated rings. The zero-order valence-electron chi connectivity index (χ0n) is 12.7. The lowest BCUT2D eigenvalue weighted by Gasteiger charge is -2.32. The normalized spacial score (nSPS) is 20.0. The Hall–Kier alpha value is -1.42. The third kappa shape index (κ3) is 3.62. The average molecular weight is 284 g/mol. The maximum Gasteiger partial charge on any atom is 0.0826 e. The largest absolute Gasteiger partial charge is 0.374 e. The summed E-state index contributed by atoms with van der Waals surface area (Å²) in [6.45, 7) is 8.10. The fourth-order valence-corrected chi connectivity index (χ4v) is 3.01. The van der Waals surface area contributed by atoms with E-state index in [0.717, 1.165) is 39.3 Å². The minimum absolute atomic E-state index is 0.314. The Morgan fingerprint density at radius 1 is 1.19 bits per heavy atom. The smallest absolute Gasteiger partial charge is 0.0826 e. The molecule has 2 aromatic carbocycles. The van der Waals surface area contributed by atoms with Crippen molar-refractivity contribution in [1.29, 1.82) is 0 Å². The van der Waals surface area contributed by atoms with Gasteiger partial charge in [0.15, 0.2) is 0 Å². The molecule has 0 aliphatic carbocycles. The maximum absolute atomic E-state index is 5.83. The Bertz CT molecular complexity index is 579. The summed E-state index contributed by atoms with van der Waals surface area (Å²) in [5.74, 6) is 0. The molecule has 0 radical (unpaired) electrons. The zero-order chi connectivity index (χ0) is 14.5. The van der Waals surface area contributed by atoms with E-state index < -0.39 is 0 Å². The van der Waals surface area contributed by atoms with Gasteiger partial charge in [-0.25, -0.2) is 0 Å². The second kappa shape index (κ2) is 7.03. The lowest BCUT2D eigenvalue weighted by atomic mass is 10.0. The number of hydrogen-bond acceptors (Lipinski definition) is 3. The summed E-state index contributed by atoms with van der Waals surface area (Å²) in [4.78, 5) is 2.45. The summed E-state index contributed by atoms with van der Waals surface area (Å²) in [7, 11) is 0. The summed E-state index contributed by atoms with van der Waals surface area (Å²) in [5, 5.41) is 6.20. The molecule has 1 atom stereocenters. The topological polar surface area (TPSA) is 24.5 Å². The van der Waals surface area contributed by atoms with E-state index in [2.05, 4.69) is 59.6 Å². The Morgan fingerprint density at radius 2 is 2.05 bits per heavy atom. The number of hydrogen-bond donors (Lipinski definition) is 1. The molecule has 1 aliphatic rings. The number of ether oxygens (including phenoxy) is 1. The molecular weight excluding hydrogens is 260 g/mol. The summed E-state index contributed by atoms with van der Waals surface area (Å²) in [6, 6.07) is 15.1. The molecule has 1 heterocycles. The number of morpholine rings is 1. The lowest BCUT2D eigenvalue weighted by molar-refractivity contribution is -0.0253. The van der Waals surface area contributed by atoms with Crippen molar-refractivity contribution in [3.8, 4) is 0 Å². The molecule has 0 spiro atoms. The quantitative estimate of drug-likeness (QED) is 0.913. The van der Waals surface area contributed by atoms with Crippen LogP contribution in [-0.4, -0.2) is 43.8 Å². The molecule has 3 heteroatoms. The first kappa shape index (κ1) is 14.5. The van der Waals surface area contributed by atoms with Gasteiger partial charge in [-0.05, 0) is 22.9 Å². The van der Waals surface area contributed by atoms with Crippen molar-refractivity contribution in [2.45, 2.75) is 19.6 Å². The number of likely N-dealkylation sites (N-methyl/N-ethyl adjacent to an activating group) is 1. The molecule has 112 valence electrons. The van der Waals surface area contributed by atoms with Crippen molar-refractivity contribution in [2.75, 3.05) is 32.8 Å².